The van der Waals surface area contributed by atoms with Crippen molar-refractivity contribution >= 4 is 39.2 Å². The van der Waals surface area contributed by atoms with Crippen molar-refractivity contribution in [3.05, 3.63) is 77.6 Å². The smallest absolute Gasteiger partial charge is 0.287 e. The number of aryl methyl sites for hydroxylation is 1. The van der Waals surface area contributed by atoms with Crippen LogP contribution in [-0.2, 0) is 16.0 Å². The van der Waals surface area contributed by atoms with Gasteiger partial charge < -0.3 is 11.1 Å². The maximum absolute atomic E-state index is 13.1. The summed E-state index contributed by atoms with van der Waals surface area (Å²) in [5, 5.41) is 7.57. The van der Waals surface area contributed by atoms with Gasteiger partial charge in [-0.05, 0) is 30.7 Å². The van der Waals surface area contributed by atoms with Gasteiger partial charge in [0.15, 0.2) is 0 Å². The highest BCUT2D eigenvalue weighted by Gasteiger charge is 2.28. The van der Waals surface area contributed by atoms with Gasteiger partial charge in [-0.1, -0.05) is 53.8 Å². The van der Waals surface area contributed by atoms with Gasteiger partial charge in [-0.3, -0.25) is 14.4 Å². The number of fused-ring (bicyclic) bond motifs is 1. The van der Waals surface area contributed by atoms with E-state index in [9.17, 15) is 14.4 Å². The average molecular weight is 433 g/mol. The Kier molecular flexibility index (Phi) is 5.59. The summed E-state index contributed by atoms with van der Waals surface area (Å²) in [6.07, 6.45) is 0.141. The molecule has 0 saturated heterocycles. The summed E-state index contributed by atoms with van der Waals surface area (Å²) >= 11 is 1.40. The molecule has 4 aromatic rings. The Hall–Kier alpha value is -3.85. The zero-order chi connectivity index (χ0) is 22.0. The molecule has 4 rings (SSSR count). The zero-order valence-corrected chi connectivity index (χ0v) is 17.4. The molecular weight excluding hydrogens is 414 g/mol. The molecule has 0 aliphatic heterocycles. The first kappa shape index (κ1) is 20.4. The van der Waals surface area contributed by atoms with E-state index in [1.54, 1.807) is 13.0 Å². The number of hydrogen-bond donors (Lipinski definition) is 2. The molecule has 0 aliphatic rings. The Morgan fingerprint density at radius 1 is 1.10 bits per heavy atom. The first-order valence-corrected chi connectivity index (χ1v) is 10.3. The maximum atomic E-state index is 13.1. The van der Waals surface area contributed by atoms with Gasteiger partial charge in [0, 0.05) is 6.42 Å². The van der Waals surface area contributed by atoms with E-state index in [0.29, 0.717) is 10.8 Å². The Morgan fingerprint density at radius 2 is 1.81 bits per heavy atom. The number of Topliss-reactive ketones (excluding diaryl/α,β-unsaturated/α-hetero) is 1. The summed E-state index contributed by atoms with van der Waals surface area (Å²) in [4.78, 5) is 41.5. The normalized spacial score (nSPS) is 11.9. The Bertz CT molecular complexity index is 1250. The molecule has 0 aliphatic carbocycles. The molecule has 156 valence electrons. The molecular formula is C22H19N5O3S. The second kappa shape index (κ2) is 8.49. The van der Waals surface area contributed by atoms with Crippen LogP contribution in [-0.4, -0.2) is 38.4 Å². The number of rotatable bonds is 7. The van der Waals surface area contributed by atoms with Crippen molar-refractivity contribution in [1.29, 1.82) is 0 Å². The van der Waals surface area contributed by atoms with E-state index in [2.05, 4.69) is 15.4 Å². The zero-order valence-electron chi connectivity index (χ0n) is 16.6. The minimum absolute atomic E-state index is 0.141. The van der Waals surface area contributed by atoms with Crippen LogP contribution in [0.3, 0.4) is 0 Å². The molecule has 2 aromatic carbocycles. The topological polar surface area (TPSA) is 120 Å². The first-order chi connectivity index (χ1) is 14.9. The molecule has 0 saturated carbocycles. The molecule has 0 radical (unpaired) electrons. The van der Waals surface area contributed by atoms with E-state index >= 15 is 0 Å². The van der Waals surface area contributed by atoms with Gasteiger partial charge in [0.2, 0.25) is 10.9 Å². The highest BCUT2D eigenvalue weighted by Crippen LogP contribution is 2.25. The van der Waals surface area contributed by atoms with Crippen molar-refractivity contribution in [3.63, 3.8) is 0 Å². The van der Waals surface area contributed by atoms with Crippen LogP contribution in [0.15, 0.2) is 60.7 Å². The molecule has 8 nitrogen and oxygen atoms in total. The predicted molar refractivity (Wildman–Crippen MR) is 117 cm³/mol. The van der Waals surface area contributed by atoms with Crippen LogP contribution in [0.25, 0.3) is 15.3 Å². The fourth-order valence-electron chi connectivity index (χ4n) is 3.22. The molecule has 0 fully saturated rings. The van der Waals surface area contributed by atoms with Crippen LogP contribution in [0, 0.1) is 6.92 Å². The summed E-state index contributed by atoms with van der Waals surface area (Å²) in [7, 11) is 0. The number of benzene rings is 2. The molecule has 1 atom stereocenters. The van der Waals surface area contributed by atoms with Crippen molar-refractivity contribution in [3.8, 4) is 5.13 Å². The number of thiazole rings is 1. The summed E-state index contributed by atoms with van der Waals surface area (Å²) < 4.78 is 2.41. The van der Waals surface area contributed by atoms with Gasteiger partial charge in [-0.25, -0.2) is 9.67 Å². The third-order valence-electron chi connectivity index (χ3n) is 4.68. The van der Waals surface area contributed by atoms with Crippen LogP contribution in [0.5, 0.6) is 0 Å². The molecule has 1 unspecified atom stereocenters. The van der Waals surface area contributed by atoms with E-state index < -0.39 is 23.6 Å². The van der Waals surface area contributed by atoms with E-state index in [-0.39, 0.29) is 12.1 Å². The van der Waals surface area contributed by atoms with E-state index in [1.807, 2.05) is 54.6 Å². The number of ketones is 1. The molecule has 31 heavy (non-hydrogen) atoms. The number of carbonyl (C=O) groups excluding carboxylic acids is 3. The fourth-order valence-corrected chi connectivity index (χ4v) is 4.15. The third-order valence-corrected chi connectivity index (χ3v) is 5.69. The lowest BCUT2D eigenvalue weighted by molar-refractivity contribution is -0.137. The lowest BCUT2D eigenvalue weighted by Gasteiger charge is -2.16. The minimum Gasteiger partial charge on any atom is -0.363 e. The number of aromatic nitrogens is 3. The van der Waals surface area contributed by atoms with Gasteiger partial charge in [0.05, 0.1) is 15.9 Å². The van der Waals surface area contributed by atoms with Crippen LogP contribution in [0.2, 0.25) is 0 Å². The number of nitrogens with two attached hydrogens (primary N) is 1. The molecule has 0 bridgehead atoms. The monoisotopic (exact) mass is 433 g/mol. The third kappa shape index (κ3) is 4.36. The number of carbonyl (C=O) groups is 3. The largest absolute Gasteiger partial charge is 0.363 e. The van der Waals surface area contributed by atoms with Gasteiger partial charge in [-0.15, -0.1) is 0 Å². The Labute approximate surface area is 181 Å². The highest BCUT2D eigenvalue weighted by molar-refractivity contribution is 7.20. The number of hydrogen-bond acceptors (Lipinski definition) is 6. The van der Waals surface area contributed by atoms with Crippen LogP contribution >= 0.6 is 11.3 Å². The molecule has 9 heteroatoms. The summed E-state index contributed by atoms with van der Waals surface area (Å²) in [5.41, 5.74) is 7.63. The molecule has 2 amide bonds. The second-order valence-corrected chi connectivity index (χ2v) is 8.00. The lowest BCUT2D eigenvalue weighted by Crippen LogP contribution is -2.47. The van der Waals surface area contributed by atoms with Gasteiger partial charge in [0.25, 0.3) is 11.8 Å². The maximum Gasteiger partial charge on any atom is 0.287 e. The van der Waals surface area contributed by atoms with E-state index in [0.717, 1.165) is 15.8 Å². The van der Waals surface area contributed by atoms with Gasteiger partial charge in [-0.2, -0.15) is 5.10 Å². The van der Waals surface area contributed by atoms with Crippen molar-refractivity contribution in [2.45, 2.75) is 19.4 Å². The van der Waals surface area contributed by atoms with Crippen molar-refractivity contribution < 1.29 is 14.4 Å². The molecule has 0 spiro atoms. The summed E-state index contributed by atoms with van der Waals surface area (Å²) in [6, 6.07) is 17.2. The number of para-hydroxylation sites is 1. The van der Waals surface area contributed by atoms with Crippen LogP contribution in [0.1, 0.15) is 21.7 Å². The fraction of sp³-hybridized carbons (Fsp3) is 0.136. The van der Waals surface area contributed by atoms with E-state index in [1.165, 1.54) is 16.0 Å². The van der Waals surface area contributed by atoms with Crippen molar-refractivity contribution in [2.24, 2.45) is 5.73 Å². The minimum atomic E-state index is -1.10. The number of nitrogens with one attached hydrogen (secondary N) is 1. The van der Waals surface area contributed by atoms with Crippen LogP contribution in [0.4, 0.5) is 0 Å². The summed E-state index contributed by atoms with van der Waals surface area (Å²) in [6.45, 7) is 1.76. The number of nitrogens with zero attached hydrogens (tertiary/aromatic N) is 3. The van der Waals surface area contributed by atoms with E-state index in [4.69, 9.17) is 5.73 Å². The predicted octanol–water partition coefficient (Wildman–Crippen LogP) is 2.19. The van der Waals surface area contributed by atoms with Gasteiger partial charge in [0.1, 0.15) is 11.7 Å². The lowest BCUT2D eigenvalue weighted by atomic mass is 10.0. The van der Waals surface area contributed by atoms with Crippen molar-refractivity contribution in [1.82, 2.24) is 20.1 Å². The Balaban J connectivity index is 1.65. The number of primary amides is 1. The Morgan fingerprint density at radius 3 is 2.52 bits per heavy atom. The first-order valence-electron chi connectivity index (χ1n) is 9.53. The number of amides is 2. The average Bonchev–Trinajstić information content (AvgIpc) is 3.36. The second-order valence-electron chi connectivity index (χ2n) is 6.99. The standard InChI is InChI=1S/C22H19N5O3S/c1-13-11-17(27(26-13)22-25-15-9-5-6-10-18(15)31-22)21(30)24-16(19(28)20(23)29)12-14-7-3-2-4-8-14/h2-11,16H,12H2,1H3,(H2,23,29)(H,24,30). The van der Waals surface area contributed by atoms with Crippen LogP contribution < -0.4 is 11.1 Å². The molecule has 2 aromatic heterocycles. The van der Waals surface area contributed by atoms with Gasteiger partial charge >= 0.3 is 0 Å². The highest BCUT2D eigenvalue weighted by atomic mass is 32.1. The quantitative estimate of drug-likeness (QED) is 0.433. The molecule has 2 heterocycles. The SMILES string of the molecule is Cc1cc(C(=O)NC(Cc2ccccc2)C(=O)C(N)=O)n(-c2nc3ccccc3s2)n1. The molecule has 3 N–H and O–H groups in total. The van der Waals surface area contributed by atoms with Crippen molar-refractivity contribution in [2.75, 3.05) is 0 Å². The summed E-state index contributed by atoms with van der Waals surface area (Å²) in [5.74, 6) is -2.51.